The Hall–Kier alpha value is -1.95. The molecule has 0 aromatic heterocycles. The number of hydrogen-bond acceptors (Lipinski definition) is 4. The smallest absolute Gasteiger partial charge is 0.131 e. The maximum atomic E-state index is 14.3. The first-order chi connectivity index (χ1) is 12.7. The average Bonchev–Trinajstić information content (AvgIpc) is 2.69. The lowest BCUT2D eigenvalue weighted by Gasteiger charge is -2.48. The van der Waals surface area contributed by atoms with E-state index < -0.39 is 0 Å². The number of fused-ring (bicyclic) bond motifs is 1. The molecule has 4 rings (SSSR count). The lowest BCUT2D eigenvalue weighted by Crippen LogP contribution is -2.58. The molecule has 0 N–H and O–H groups in total. The van der Waals surface area contributed by atoms with Crippen LogP contribution >= 0.6 is 0 Å². The van der Waals surface area contributed by atoms with Crippen LogP contribution in [-0.4, -0.2) is 55.8 Å². The highest BCUT2D eigenvalue weighted by molar-refractivity contribution is 5.29. The number of hydrogen-bond donors (Lipinski definition) is 0. The van der Waals surface area contributed by atoms with Gasteiger partial charge in [-0.2, -0.15) is 0 Å². The van der Waals surface area contributed by atoms with Crippen molar-refractivity contribution in [1.82, 2.24) is 9.80 Å². The minimum absolute atomic E-state index is 0.200. The molecule has 2 saturated heterocycles. The molecule has 0 unspecified atom stereocenters. The Balaban J connectivity index is 1.43. The van der Waals surface area contributed by atoms with Crippen molar-refractivity contribution in [2.24, 2.45) is 0 Å². The van der Waals surface area contributed by atoms with E-state index in [-0.39, 0.29) is 5.82 Å². The van der Waals surface area contributed by atoms with Crippen LogP contribution in [0.1, 0.15) is 17.2 Å². The molecule has 0 saturated carbocycles. The molecule has 2 aromatic rings. The number of rotatable bonds is 4. The SMILES string of the molecule is COc1ccc(CN2CCN3[C@@H](COC[C@@H]3c3ccccc3)C2)c(F)c1. The van der Waals surface area contributed by atoms with Gasteiger partial charge in [-0.25, -0.2) is 4.39 Å². The molecule has 2 aromatic carbocycles. The Bertz CT molecular complexity index is 740. The van der Waals surface area contributed by atoms with Crippen LogP contribution < -0.4 is 4.74 Å². The van der Waals surface area contributed by atoms with Gasteiger partial charge in [-0.1, -0.05) is 36.4 Å². The predicted molar refractivity (Wildman–Crippen MR) is 98.7 cm³/mol. The number of methoxy groups -OCH3 is 1. The van der Waals surface area contributed by atoms with E-state index in [9.17, 15) is 4.39 Å². The lowest BCUT2D eigenvalue weighted by molar-refractivity contribution is -0.0836. The molecule has 26 heavy (non-hydrogen) atoms. The summed E-state index contributed by atoms with van der Waals surface area (Å²) in [6.07, 6.45) is 0. The van der Waals surface area contributed by atoms with E-state index in [1.165, 1.54) is 11.6 Å². The Morgan fingerprint density at radius 2 is 1.96 bits per heavy atom. The van der Waals surface area contributed by atoms with Gasteiger partial charge in [0.2, 0.25) is 0 Å². The van der Waals surface area contributed by atoms with Gasteiger partial charge in [-0.3, -0.25) is 9.80 Å². The third-order valence-electron chi connectivity index (χ3n) is 5.44. The molecule has 0 amide bonds. The van der Waals surface area contributed by atoms with Gasteiger partial charge in [-0.05, 0) is 11.6 Å². The van der Waals surface area contributed by atoms with Crippen LogP contribution in [-0.2, 0) is 11.3 Å². The van der Waals surface area contributed by atoms with Crippen molar-refractivity contribution in [1.29, 1.82) is 0 Å². The number of ether oxygens (including phenoxy) is 2. The van der Waals surface area contributed by atoms with Crippen molar-refractivity contribution in [3.05, 3.63) is 65.5 Å². The third kappa shape index (κ3) is 3.61. The fourth-order valence-corrected chi connectivity index (χ4v) is 4.03. The standard InChI is InChI=1S/C21H25FN2O2/c1-25-19-8-7-17(20(22)11-19)12-23-9-10-24-18(13-23)14-26-15-21(24)16-5-3-2-4-6-16/h2-8,11,18,21H,9-10,12-15H2,1H3/t18-,21-/m1/s1. The van der Waals surface area contributed by atoms with Crippen LogP contribution in [0, 0.1) is 5.82 Å². The van der Waals surface area contributed by atoms with Crippen molar-refractivity contribution in [2.75, 3.05) is 40.0 Å². The summed E-state index contributed by atoms with van der Waals surface area (Å²) < 4.78 is 25.3. The molecule has 0 aliphatic carbocycles. The van der Waals surface area contributed by atoms with Gasteiger partial charge in [0.15, 0.2) is 0 Å². The van der Waals surface area contributed by atoms with Crippen molar-refractivity contribution < 1.29 is 13.9 Å². The molecule has 0 bridgehead atoms. The van der Waals surface area contributed by atoms with E-state index in [4.69, 9.17) is 9.47 Å². The third-order valence-corrected chi connectivity index (χ3v) is 5.44. The first-order valence-electron chi connectivity index (χ1n) is 9.18. The summed E-state index contributed by atoms with van der Waals surface area (Å²) >= 11 is 0. The van der Waals surface area contributed by atoms with Crippen LogP contribution in [0.2, 0.25) is 0 Å². The quantitative estimate of drug-likeness (QED) is 0.841. The van der Waals surface area contributed by atoms with E-state index in [1.54, 1.807) is 7.11 Å². The minimum atomic E-state index is -0.200. The van der Waals surface area contributed by atoms with E-state index in [0.29, 0.717) is 24.4 Å². The van der Waals surface area contributed by atoms with E-state index >= 15 is 0 Å². The number of piperazine rings is 1. The Labute approximate surface area is 154 Å². The molecule has 2 atom stereocenters. The minimum Gasteiger partial charge on any atom is -0.497 e. The molecule has 4 nitrogen and oxygen atoms in total. The lowest BCUT2D eigenvalue weighted by atomic mass is 10.00. The molecule has 2 aliphatic rings. The first-order valence-corrected chi connectivity index (χ1v) is 9.18. The van der Waals surface area contributed by atoms with Crippen LogP contribution in [0.25, 0.3) is 0 Å². The van der Waals surface area contributed by atoms with E-state index in [2.05, 4.69) is 34.1 Å². The van der Waals surface area contributed by atoms with Crippen LogP contribution in [0.4, 0.5) is 4.39 Å². The van der Waals surface area contributed by atoms with Crippen LogP contribution in [0.15, 0.2) is 48.5 Å². The van der Waals surface area contributed by atoms with Gasteiger partial charge in [0.1, 0.15) is 11.6 Å². The van der Waals surface area contributed by atoms with Crippen molar-refractivity contribution in [3.63, 3.8) is 0 Å². The first kappa shape index (κ1) is 17.5. The Morgan fingerprint density at radius 3 is 2.73 bits per heavy atom. The molecule has 2 aliphatic heterocycles. The fourth-order valence-electron chi connectivity index (χ4n) is 4.03. The molecule has 2 fully saturated rings. The summed E-state index contributed by atoms with van der Waals surface area (Å²) in [5.74, 6) is 0.358. The monoisotopic (exact) mass is 356 g/mol. The van der Waals surface area contributed by atoms with E-state index in [0.717, 1.165) is 38.4 Å². The summed E-state index contributed by atoms with van der Waals surface area (Å²) in [6, 6.07) is 16.3. The van der Waals surface area contributed by atoms with Crippen molar-refractivity contribution in [2.45, 2.75) is 18.6 Å². The molecule has 0 radical (unpaired) electrons. The summed E-state index contributed by atoms with van der Waals surface area (Å²) in [5.41, 5.74) is 2.03. The van der Waals surface area contributed by atoms with E-state index in [1.807, 2.05) is 18.2 Å². The van der Waals surface area contributed by atoms with Crippen LogP contribution in [0.5, 0.6) is 5.75 Å². The maximum absolute atomic E-state index is 14.3. The average molecular weight is 356 g/mol. The number of morpholine rings is 1. The molecule has 0 spiro atoms. The molecule has 5 heteroatoms. The Kier molecular flexibility index (Phi) is 5.20. The highest BCUT2D eigenvalue weighted by Gasteiger charge is 2.36. The maximum Gasteiger partial charge on any atom is 0.131 e. The van der Waals surface area contributed by atoms with Gasteiger partial charge in [-0.15, -0.1) is 0 Å². The Morgan fingerprint density at radius 1 is 1.12 bits per heavy atom. The zero-order chi connectivity index (χ0) is 17.9. The van der Waals surface area contributed by atoms with Gasteiger partial charge in [0.05, 0.1) is 26.4 Å². The number of halogens is 1. The summed E-state index contributed by atoms with van der Waals surface area (Å²) in [5, 5.41) is 0. The summed E-state index contributed by atoms with van der Waals surface area (Å²) in [4.78, 5) is 4.88. The highest BCUT2D eigenvalue weighted by atomic mass is 19.1. The van der Waals surface area contributed by atoms with Crippen molar-refractivity contribution in [3.8, 4) is 5.75 Å². The second-order valence-electron chi connectivity index (χ2n) is 7.05. The summed E-state index contributed by atoms with van der Waals surface area (Å²) in [7, 11) is 1.56. The molecule has 138 valence electrons. The normalized spacial score (nSPS) is 24.2. The number of nitrogens with zero attached hydrogens (tertiary/aromatic N) is 2. The van der Waals surface area contributed by atoms with Gasteiger partial charge in [0, 0.05) is 43.9 Å². The number of benzene rings is 2. The molecular weight excluding hydrogens is 331 g/mol. The van der Waals surface area contributed by atoms with Gasteiger partial charge in [0.25, 0.3) is 0 Å². The summed E-state index contributed by atoms with van der Waals surface area (Å²) in [6.45, 7) is 4.92. The molecular formula is C21H25FN2O2. The van der Waals surface area contributed by atoms with Gasteiger partial charge >= 0.3 is 0 Å². The second-order valence-corrected chi connectivity index (χ2v) is 7.05. The van der Waals surface area contributed by atoms with Crippen molar-refractivity contribution >= 4 is 0 Å². The van der Waals surface area contributed by atoms with Crippen LogP contribution in [0.3, 0.4) is 0 Å². The topological polar surface area (TPSA) is 24.9 Å². The zero-order valence-corrected chi connectivity index (χ0v) is 15.1. The highest BCUT2D eigenvalue weighted by Crippen LogP contribution is 2.30. The molecule has 2 heterocycles. The zero-order valence-electron chi connectivity index (χ0n) is 15.1. The fraction of sp³-hybridized carbons (Fsp3) is 0.429. The predicted octanol–water partition coefficient (Wildman–Crippen LogP) is 3.09. The van der Waals surface area contributed by atoms with Gasteiger partial charge < -0.3 is 9.47 Å². The largest absolute Gasteiger partial charge is 0.497 e. The second kappa shape index (κ2) is 7.74.